The number of likely N-dealkylation sites (tertiary alicyclic amines) is 1. The highest BCUT2D eigenvalue weighted by Gasteiger charge is 2.36. The van der Waals surface area contributed by atoms with Gasteiger partial charge in [-0.2, -0.15) is 8.42 Å². The lowest BCUT2D eigenvalue weighted by Crippen LogP contribution is -2.41. The first-order valence-corrected chi connectivity index (χ1v) is 8.18. The van der Waals surface area contributed by atoms with Crippen LogP contribution in [-0.2, 0) is 15.0 Å². The van der Waals surface area contributed by atoms with E-state index in [0.717, 1.165) is 6.20 Å². The van der Waals surface area contributed by atoms with Crippen molar-refractivity contribution in [1.29, 1.82) is 0 Å². The molecule has 2 atom stereocenters. The Labute approximate surface area is 127 Å². The molecule has 0 bridgehead atoms. The Morgan fingerprint density at radius 2 is 2.09 bits per heavy atom. The van der Waals surface area contributed by atoms with Crippen LogP contribution >= 0.6 is 0 Å². The van der Waals surface area contributed by atoms with E-state index >= 15 is 0 Å². The van der Waals surface area contributed by atoms with Gasteiger partial charge in [-0.1, -0.05) is 0 Å². The molecule has 0 saturated carbocycles. The molecule has 0 aliphatic carbocycles. The zero-order valence-electron chi connectivity index (χ0n) is 12.0. The summed E-state index contributed by atoms with van der Waals surface area (Å²) in [5.74, 6) is -1.73. The second kappa shape index (κ2) is 5.71. The Bertz CT molecular complexity index is 709. The van der Waals surface area contributed by atoms with Crippen LogP contribution in [0.3, 0.4) is 0 Å². The van der Waals surface area contributed by atoms with Crippen molar-refractivity contribution in [3.8, 4) is 0 Å². The molecule has 1 fully saturated rings. The number of carbonyl (C=O) groups is 2. The molecular weight excluding hydrogens is 312 g/mol. The van der Waals surface area contributed by atoms with Crippen molar-refractivity contribution in [3.05, 3.63) is 23.5 Å². The fraction of sp³-hybridized carbons (Fsp3) is 0.500. The van der Waals surface area contributed by atoms with Gasteiger partial charge in [-0.05, 0) is 25.8 Å². The SMILES string of the molecule is C[C@@H](N)C(=O)N1CCCC1c1ccn(S(N)(=O)=O)c1C(=O)O. The van der Waals surface area contributed by atoms with Gasteiger partial charge in [0.05, 0.1) is 12.1 Å². The Morgan fingerprint density at radius 1 is 1.45 bits per heavy atom. The summed E-state index contributed by atoms with van der Waals surface area (Å²) >= 11 is 0. The van der Waals surface area contributed by atoms with Crippen molar-refractivity contribution in [2.75, 3.05) is 6.54 Å². The van der Waals surface area contributed by atoms with Crippen molar-refractivity contribution in [3.63, 3.8) is 0 Å². The smallest absolute Gasteiger partial charge is 0.353 e. The first-order chi connectivity index (χ1) is 10.1. The Kier molecular flexibility index (Phi) is 4.27. The highest BCUT2D eigenvalue weighted by atomic mass is 32.2. The topological polar surface area (TPSA) is 149 Å². The van der Waals surface area contributed by atoms with Crippen LogP contribution < -0.4 is 10.9 Å². The molecule has 1 saturated heterocycles. The molecule has 2 heterocycles. The van der Waals surface area contributed by atoms with Crippen LogP contribution in [0.15, 0.2) is 12.3 Å². The third kappa shape index (κ3) is 2.85. The number of amides is 1. The molecule has 9 nitrogen and oxygen atoms in total. The summed E-state index contributed by atoms with van der Waals surface area (Å²) in [4.78, 5) is 25.1. The van der Waals surface area contributed by atoms with Gasteiger partial charge in [0.2, 0.25) is 5.91 Å². The standard InChI is InChI=1S/C12H18N4O5S/c1-7(13)11(17)15-5-2-3-9(15)8-4-6-16(22(14,20)21)10(8)12(18)19/h4,6-7,9H,2-3,5,13H2,1H3,(H,18,19)(H2,14,20,21)/t7-,9?/m1/s1. The second-order valence-electron chi connectivity index (χ2n) is 5.24. The number of hydrogen-bond acceptors (Lipinski definition) is 5. The quantitative estimate of drug-likeness (QED) is 0.661. The number of aromatic carboxylic acids is 1. The molecule has 22 heavy (non-hydrogen) atoms. The van der Waals surface area contributed by atoms with E-state index in [1.165, 1.54) is 11.0 Å². The number of nitrogens with two attached hydrogens (primary N) is 2. The molecule has 122 valence electrons. The Hall–Kier alpha value is -1.91. The third-order valence-corrected chi connectivity index (χ3v) is 4.50. The van der Waals surface area contributed by atoms with E-state index in [1.54, 1.807) is 6.92 Å². The molecule has 0 radical (unpaired) electrons. The van der Waals surface area contributed by atoms with E-state index in [4.69, 9.17) is 10.9 Å². The van der Waals surface area contributed by atoms with E-state index in [0.29, 0.717) is 23.4 Å². The summed E-state index contributed by atoms with van der Waals surface area (Å²) in [6.45, 7) is 2.00. The van der Waals surface area contributed by atoms with Crippen molar-refractivity contribution in [2.24, 2.45) is 10.9 Å². The van der Waals surface area contributed by atoms with E-state index in [1.807, 2.05) is 0 Å². The molecule has 2 rings (SSSR count). The lowest BCUT2D eigenvalue weighted by Gasteiger charge is -2.26. The zero-order valence-corrected chi connectivity index (χ0v) is 12.8. The number of carboxylic acid groups (broad SMARTS) is 1. The minimum atomic E-state index is -4.23. The maximum atomic E-state index is 12.1. The van der Waals surface area contributed by atoms with Crippen LogP contribution in [0.1, 0.15) is 41.9 Å². The van der Waals surface area contributed by atoms with Gasteiger partial charge in [0, 0.05) is 18.3 Å². The van der Waals surface area contributed by atoms with Crippen molar-refractivity contribution in [2.45, 2.75) is 31.8 Å². The highest BCUT2D eigenvalue weighted by molar-refractivity contribution is 7.87. The molecule has 0 aromatic carbocycles. The number of nitrogens with zero attached hydrogens (tertiary/aromatic N) is 2. The number of rotatable bonds is 4. The van der Waals surface area contributed by atoms with Crippen LogP contribution in [0.2, 0.25) is 0 Å². The van der Waals surface area contributed by atoms with E-state index in [-0.39, 0.29) is 11.5 Å². The molecule has 1 aromatic rings. The first-order valence-electron chi connectivity index (χ1n) is 6.68. The summed E-state index contributed by atoms with van der Waals surface area (Å²) in [7, 11) is -4.23. The van der Waals surface area contributed by atoms with Crippen molar-refractivity contribution in [1.82, 2.24) is 8.87 Å². The summed E-state index contributed by atoms with van der Waals surface area (Å²) in [5.41, 5.74) is 5.40. The summed E-state index contributed by atoms with van der Waals surface area (Å²) in [6.07, 6.45) is 2.30. The van der Waals surface area contributed by atoms with Gasteiger partial charge in [0.25, 0.3) is 0 Å². The minimum absolute atomic E-state index is 0.244. The molecule has 0 spiro atoms. The Balaban J connectivity index is 2.51. The lowest BCUT2D eigenvalue weighted by atomic mass is 10.0. The van der Waals surface area contributed by atoms with Gasteiger partial charge in [-0.15, -0.1) is 0 Å². The van der Waals surface area contributed by atoms with Gasteiger partial charge < -0.3 is 15.7 Å². The maximum absolute atomic E-state index is 12.1. The van der Waals surface area contributed by atoms with Crippen LogP contribution in [0.4, 0.5) is 0 Å². The Morgan fingerprint density at radius 3 is 2.59 bits per heavy atom. The lowest BCUT2D eigenvalue weighted by molar-refractivity contribution is -0.133. The molecule has 5 N–H and O–H groups in total. The van der Waals surface area contributed by atoms with Gasteiger partial charge in [-0.3, -0.25) is 4.79 Å². The monoisotopic (exact) mass is 330 g/mol. The van der Waals surface area contributed by atoms with Crippen molar-refractivity contribution >= 4 is 22.1 Å². The summed E-state index contributed by atoms with van der Waals surface area (Å²) in [5, 5.41) is 14.3. The zero-order chi connectivity index (χ0) is 16.7. The average Bonchev–Trinajstić information content (AvgIpc) is 3.02. The number of carboxylic acids is 1. The van der Waals surface area contributed by atoms with Crippen LogP contribution in [0.5, 0.6) is 0 Å². The van der Waals surface area contributed by atoms with Crippen LogP contribution in [-0.4, -0.2) is 46.9 Å². The number of aromatic nitrogens is 1. The van der Waals surface area contributed by atoms with E-state index < -0.39 is 34.0 Å². The molecule has 1 aliphatic heterocycles. The van der Waals surface area contributed by atoms with Crippen molar-refractivity contribution < 1.29 is 23.1 Å². The molecule has 1 aromatic heterocycles. The summed E-state index contributed by atoms with van der Waals surface area (Å²) < 4.78 is 23.5. The normalized spacial score (nSPS) is 20.1. The fourth-order valence-corrected chi connectivity index (χ4v) is 3.41. The molecular formula is C12H18N4O5S. The first kappa shape index (κ1) is 16.5. The fourth-order valence-electron chi connectivity index (χ4n) is 2.74. The van der Waals surface area contributed by atoms with Crippen LogP contribution in [0.25, 0.3) is 0 Å². The third-order valence-electron chi connectivity index (χ3n) is 3.64. The molecule has 1 unspecified atom stereocenters. The average molecular weight is 330 g/mol. The molecule has 10 heteroatoms. The number of hydrogen-bond donors (Lipinski definition) is 3. The minimum Gasteiger partial charge on any atom is -0.477 e. The van der Waals surface area contributed by atoms with E-state index in [9.17, 15) is 23.1 Å². The summed E-state index contributed by atoms with van der Waals surface area (Å²) in [6, 6.07) is 0.132. The second-order valence-corrected chi connectivity index (χ2v) is 6.67. The highest BCUT2D eigenvalue weighted by Crippen LogP contribution is 2.35. The van der Waals surface area contributed by atoms with Gasteiger partial charge >= 0.3 is 16.2 Å². The van der Waals surface area contributed by atoms with Crippen LogP contribution in [0, 0.1) is 0 Å². The predicted molar refractivity (Wildman–Crippen MR) is 77.2 cm³/mol. The van der Waals surface area contributed by atoms with E-state index in [2.05, 4.69) is 0 Å². The molecule has 1 amide bonds. The number of carbonyl (C=O) groups excluding carboxylic acids is 1. The van der Waals surface area contributed by atoms with Gasteiger partial charge in [-0.25, -0.2) is 13.9 Å². The largest absolute Gasteiger partial charge is 0.477 e. The predicted octanol–water partition coefficient (Wildman–Crippen LogP) is -0.751. The molecule has 1 aliphatic rings. The maximum Gasteiger partial charge on any atom is 0.353 e. The van der Waals surface area contributed by atoms with Gasteiger partial charge in [0.15, 0.2) is 0 Å². The van der Waals surface area contributed by atoms with Gasteiger partial charge in [0.1, 0.15) is 5.69 Å².